The van der Waals surface area contributed by atoms with E-state index in [0.29, 0.717) is 11.6 Å². The van der Waals surface area contributed by atoms with E-state index in [9.17, 15) is 14.4 Å². The summed E-state index contributed by atoms with van der Waals surface area (Å²) in [4.78, 5) is 34.0. The Bertz CT molecular complexity index is 629. The van der Waals surface area contributed by atoms with Crippen molar-refractivity contribution >= 4 is 23.5 Å². The Hall–Kier alpha value is -2.41. The number of aliphatic carboxylic acids is 1. The van der Waals surface area contributed by atoms with Crippen LogP contribution >= 0.6 is 0 Å². The summed E-state index contributed by atoms with van der Waals surface area (Å²) >= 11 is 0. The van der Waals surface area contributed by atoms with Crippen molar-refractivity contribution in [2.24, 2.45) is 5.92 Å². The quantitative estimate of drug-likeness (QED) is 0.656. The van der Waals surface area contributed by atoms with Gasteiger partial charge in [-0.1, -0.05) is 31.9 Å². The zero-order valence-electron chi connectivity index (χ0n) is 15.0. The third-order valence-corrected chi connectivity index (χ3v) is 4.50. The van der Waals surface area contributed by atoms with Crippen LogP contribution < -0.4 is 10.6 Å². The van der Waals surface area contributed by atoms with Crippen molar-refractivity contribution in [2.45, 2.75) is 45.1 Å². The largest absolute Gasteiger partial charge is 0.480 e. The molecule has 1 saturated carbocycles. The predicted octanol–water partition coefficient (Wildman–Crippen LogP) is 1.96. The molecule has 2 amide bonds. The average molecular weight is 362 g/mol. The first-order valence-corrected chi connectivity index (χ1v) is 8.93. The van der Waals surface area contributed by atoms with E-state index in [4.69, 9.17) is 9.84 Å². The molecule has 26 heavy (non-hydrogen) atoms. The lowest BCUT2D eigenvalue weighted by atomic mass is 9.88. The maximum absolute atomic E-state index is 12.0. The zero-order chi connectivity index (χ0) is 18.9. The molecule has 2 unspecified atom stereocenters. The summed E-state index contributed by atoms with van der Waals surface area (Å²) in [7, 11) is 0. The molecule has 1 fully saturated rings. The van der Waals surface area contributed by atoms with Crippen LogP contribution in [0.4, 0.5) is 5.69 Å². The molecule has 0 spiro atoms. The van der Waals surface area contributed by atoms with Gasteiger partial charge in [-0.05, 0) is 36.5 Å². The highest BCUT2D eigenvalue weighted by atomic mass is 16.5. The summed E-state index contributed by atoms with van der Waals surface area (Å²) in [5.41, 5.74) is 1.36. The van der Waals surface area contributed by atoms with Gasteiger partial charge in [-0.25, -0.2) is 0 Å². The van der Waals surface area contributed by atoms with Gasteiger partial charge in [0, 0.05) is 5.69 Å². The highest BCUT2D eigenvalue weighted by Crippen LogP contribution is 2.26. The fourth-order valence-electron chi connectivity index (χ4n) is 3.04. The van der Waals surface area contributed by atoms with Crippen LogP contribution in [0.15, 0.2) is 24.3 Å². The van der Waals surface area contributed by atoms with E-state index >= 15 is 0 Å². The Balaban J connectivity index is 1.74. The lowest BCUT2D eigenvalue weighted by molar-refractivity contribution is -0.137. The fraction of sp³-hybridized carbons (Fsp3) is 0.526. The van der Waals surface area contributed by atoms with Crippen LogP contribution in [-0.4, -0.2) is 42.1 Å². The number of rotatable bonds is 8. The van der Waals surface area contributed by atoms with Crippen LogP contribution in [0.5, 0.6) is 0 Å². The molecule has 0 saturated heterocycles. The third kappa shape index (κ3) is 6.84. The number of hydrogen-bond acceptors (Lipinski definition) is 4. The van der Waals surface area contributed by atoms with E-state index in [2.05, 4.69) is 17.6 Å². The second-order valence-electron chi connectivity index (χ2n) is 6.70. The minimum atomic E-state index is -1.08. The molecule has 2 atom stereocenters. The van der Waals surface area contributed by atoms with Gasteiger partial charge in [0.1, 0.15) is 13.2 Å². The number of carbonyl (C=O) groups excluding carboxylic acids is 2. The molecular formula is C19H26N2O5. The molecule has 2 rings (SSSR count). The minimum Gasteiger partial charge on any atom is -0.480 e. The molecule has 1 aromatic carbocycles. The second-order valence-corrected chi connectivity index (χ2v) is 6.70. The highest BCUT2D eigenvalue weighted by Gasteiger charge is 2.22. The smallest absolute Gasteiger partial charge is 0.322 e. The van der Waals surface area contributed by atoms with Crippen molar-refractivity contribution in [3.63, 3.8) is 0 Å². The molecule has 7 nitrogen and oxygen atoms in total. The first-order valence-electron chi connectivity index (χ1n) is 8.93. The molecule has 0 radical (unpaired) electrons. The number of nitrogens with one attached hydrogen (secondary N) is 2. The topological polar surface area (TPSA) is 105 Å². The summed E-state index contributed by atoms with van der Waals surface area (Å²) in [6.45, 7) is 1.80. The Labute approximate surface area is 153 Å². The first kappa shape index (κ1) is 19.9. The standard InChI is InChI=1S/C19H26N2O5/c1-13-4-2-3-5-16(13)26-12-18(23)21-15-8-6-14(7-9-15)10-17(22)20-11-19(24)25/h6-9,13,16H,2-5,10-12H2,1H3,(H,20,22)(H,21,23)(H,24,25). The fourth-order valence-corrected chi connectivity index (χ4v) is 3.04. The summed E-state index contributed by atoms with van der Waals surface area (Å²) in [5, 5.41) is 13.6. The van der Waals surface area contributed by atoms with Crippen LogP contribution in [0.25, 0.3) is 0 Å². The minimum absolute atomic E-state index is 0.0361. The normalized spacial score (nSPS) is 19.6. The molecule has 0 aromatic heterocycles. The van der Waals surface area contributed by atoms with Gasteiger partial charge >= 0.3 is 5.97 Å². The van der Waals surface area contributed by atoms with Gasteiger partial charge in [0.25, 0.3) is 0 Å². The first-order chi connectivity index (χ1) is 12.4. The average Bonchev–Trinajstić information content (AvgIpc) is 2.61. The molecule has 142 valence electrons. The number of carboxylic acids is 1. The number of amides is 2. The Morgan fingerprint density at radius 3 is 2.46 bits per heavy atom. The number of anilines is 1. The van der Waals surface area contributed by atoms with Gasteiger partial charge in [-0.2, -0.15) is 0 Å². The predicted molar refractivity (Wildman–Crippen MR) is 96.8 cm³/mol. The Kier molecular flexibility index (Phi) is 7.59. The van der Waals surface area contributed by atoms with Gasteiger partial charge in [0.15, 0.2) is 0 Å². The van der Waals surface area contributed by atoms with Crippen LogP contribution in [0.1, 0.15) is 38.2 Å². The molecule has 0 heterocycles. The van der Waals surface area contributed by atoms with E-state index < -0.39 is 12.5 Å². The molecular weight excluding hydrogens is 336 g/mol. The molecule has 7 heteroatoms. The van der Waals surface area contributed by atoms with Crippen molar-refractivity contribution in [3.8, 4) is 0 Å². The molecule has 1 aromatic rings. The number of ether oxygens (including phenoxy) is 1. The summed E-state index contributed by atoms with van der Waals surface area (Å²) < 4.78 is 5.74. The van der Waals surface area contributed by atoms with Crippen molar-refractivity contribution < 1.29 is 24.2 Å². The molecule has 0 aliphatic heterocycles. The van der Waals surface area contributed by atoms with Crippen LogP contribution in [0.2, 0.25) is 0 Å². The summed E-state index contributed by atoms with van der Waals surface area (Å²) in [6, 6.07) is 6.86. The molecule has 3 N–H and O–H groups in total. The van der Waals surface area contributed by atoms with E-state index in [1.165, 1.54) is 6.42 Å². The lowest BCUT2D eigenvalue weighted by Gasteiger charge is -2.28. The summed E-state index contributed by atoms with van der Waals surface area (Å²) in [5.74, 6) is -1.15. The maximum atomic E-state index is 12.0. The SMILES string of the molecule is CC1CCCCC1OCC(=O)Nc1ccc(CC(=O)NCC(=O)O)cc1. The van der Waals surface area contributed by atoms with Crippen molar-refractivity contribution in [2.75, 3.05) is 18.5 Å². The van der Waals surface area contributed by atoms with E-state index in [1.807, 2.05) is 0 Å². The lowest BCUT2D eigenvalue weighted by Crippen LogP contribution is -2.30. The van der Waals surface area contributed by atoms with Gasteiger partial charge < -0.3 is 20.5 Å². The van der Waals surface area contributed by atoms with E-state index in [-0.39, 0.29) is 30.9 Å². The van der Waals surface area contributed by atoms with Gasteiger partial charge in [0.2, 0.25) is 11.8 Å². The zero-order valence-corrected chi connectivity index (χ0v) is 15.0. The van der Waals surface area contributed by atoms with Gasteiger partial charge in [-0.15, -0.1) is 0 Å². The van der Waals surface area contributed by atoms with Crippen molar-refractivity contribution in [1.29, 1.82) is 0 Å². The highest BCUT2D eigenvalue weighted by molar-refractivity contribution is 5.91. The second kappa shape index (κ2) is 9.91. The van der Waals surface area contributed by atoms with E-state index in [1.54, 1.807) is 24.3 Å². The molecule has 0 bridgehead atoms. The Morgan fingerprint density at radius 1 is 1.12 bits per heavy atom. The van der Waals surface area contributed by atoms with Crippen molar-refractivity contribution in [1.82, 2.24) is 5.32 Å². The van der Waals surface area contributed by atoms with Crippen molar-refractivity contribution in [3.05, 3.63) is 29.8 Å². The number of benzene rings is 1. The van der Waals surface area contributed by atoms with E-state index in [0.717, 1.165) is 24.8 Å². The summed E-state index contributed by atoms with van der Waals surface area (Å²) in [6.07, 6.45) is 4.78. The third-order valence-electron chi connectivity index (χ3n) is 4.50. The van der Waals surface area contributed by atoms with Crippen LogP contribution in [0, 0.1) is 5.92 Å². The van der Waals surface area contributed by atoms with Gasteiger partial charge in [-0.3, -0.25) is 14.4 Å². The van der Waals surface area contributed by atoms with Crippen LogP contribution in [-0.2, 0) is 25.5 Å². The number of carbonyl (C=O) groups is 3. The maximum Gasteiger partial charge on any atom is 0.322 e. The molecule has 1 aliphatic carbocycles. The van der Waals surface area contributed by atoms with Crippen LogP contribution in [0.3, 0.4) is 0 Å². The Morgan fingerprint density at radius 2 is 1.81 bits per heavy atom. The molecule has 1 aliphatic rings. The number of hydrogen-bond donors (Lipinski definition) is 3. The van der Waals surface area contributed by atoms with Gasteiger partial charge in [0.05, 0.1) is 12.5 Å². The number of carboxylic acid groups (broad SMARTS) is 1. The monoisotopic (exact) mass is 362 g/mol.